The van der Waals surface area contributed by atoms with Crippen molar-refractivity contribution in [2.45, 2.75) is 31.8 Å². The number of nitrogens with one attached hydrogen (secondary N) is 2. The first-order valence-electron chi connectivity index (χ1n) is 7.63. The number of likely N-dealkylation sites (tertiary alicyclic amines) is 1. The van der Waals surface area contributed by atoms with Crippen molar-refractivity contribution in [3.63, 3.8) is 0 Å². The fourth-order valence-corrected chi connectivity index (χ4v) is 3.11. The van der Waals surface area contributed by atoms with Crippen molar-refractivity contribution in [1.29, 1.82) is 0 Å². The van der Waals surface area contributed by atoms with Gasteiger partial charge in [0.2, 0.25) is 5.91 Å². The number of hydrogen-bond donors (Lipinski definition) is 2. The summed E-state index contributed by atoms with van der Waals surface area (Å²) in [5.74, 6) is 0.138. The van der Waals surface area contributed by atoms with Crippen LogP contribution in [0.5, 0.6) is 0 Å². The maximum absolute atomic E-state index is 12.2. The van der Waals surface area contributed by atoms with Crippen molar-refractivity contribution in [3.05, 3.63) is 35.4 Å². The molecule has 1 unspecified atom stereocenters. The molecule has 1 saturated heterocycles. The molecule has 1 atom stereocenters. The molecule has 0 saturated carbocycles. The fourth-order valence-electron chi connectivity index (χ4n) is 3.11. The third kappa shape index (κ3) is 3.19. The Bertz CT molecular complexity index is 469. The second-order valence-electron chi connectivity index (χ2n) is 5.75. The maximum atomic E-state index is 12.2. The number of hydrogen-bond acceptors (Lipinski definition) is 3. The highest BCUT2D eigenvalue weighted by Crippen LogP contribution is 2.16. The van der Waals surface area contributed by atoms with E-state index in [1.165, 1.54) is 37.1 Å². The van der Waals surface area contributed by atoms with E-state index in [1.807, 2.05) is 6.07 Å². The van der Waals surface area contributed by atoms with Crippen LogP contribution in [0, 0.1) is 0 Å². The van der Waals surface area contributed by atoms with Crippen molar-refractivity contribution >= 4 is 5.91 Å². The Morgan fingerprint density at radius 1 is 1.25 bits per heavy atom. The molecule has 0 aromatic heterocycles. The molecule has 3 rings (SSSR count). The largest absolute Gasteiger partial charge is 0.353 e. The second kappa shape index (κ2) is 6.37. The summed E-state index contributed by atoms with van der Waals surface area (Å²) in [6.45, 7) is 4.91. The highest BCUT2D eigenvalue weighted by Gasteiger charge is 2.23. The zero-order chi connectivity index (χ0) is 13.8. The number of amides is 1. The van der Waals surface area contributed by atoms with Gasteiger partial charge in [0.1, 0.15) is 0 Å². The van der Waals surface area contributed by atoms with Crippen LogP contribution < -0.4 is 10.6 Å². The Morgan fingerprint density at radius 3 is 2.80 bits per heavy atom. The summed E-state index contributed by atoms with van der Waals surface area (Å²) in [6, 6.07) is 8.28. The van der Waals surface area contributed by atoms with Gasteiger partial charge in [0.15, 0.2) is 0 Å². The molecule has 2 aliphatic rings. The SMILES string of the molecule is O=C(NCCN1CCCC1)C1Cc2ccccc2CN1. The zero-order valence-electron chi connectivity index (χ0n) is 11.9. The summed E-state index contributed by atoms with van der Waals surface area (Å²) >= 11 is 0. The fraction of sp³-hybridized carbons (Fsp3) is 0.562. The molecule has 2 N–H and O–H groups in total. The van der Waals surface area contributed by atoms with E-state index in [0.29, 0.717) is 0 Å². The molecule has 0 aliphatic carbocycles. The van der Waals surface area contributed by atoms with E-state index in [2.05, 4.69) is 33.7 Å². The van der Waals surface area contributed by atoms with Crippen molar-refractivity contribution < 1.29 is 4.79 Å². The topological polar surface area (TPSA) is 44.4 Å². The minimum absolute atomic E-state index is 0.0801. The van der Waals surface area contributed by atoms with Crippen LogP contribution in [0.15, 0.2) is 24.3 Å². The van der Waals surface area contributed by atoms with Crippen LogP contribution in [0.2, 0.25) is 0 Å². The van der Waals surface area contributed by atoms with Gasteiger partial charge in [-0.15, -0.1) is 0 Å². The molecule has 2 heterocycles. The van der Waals surface area contributed by atoms with Crippen molar-refractivity contribution in [3.8, 4) is 0 Å². The zero-order valence-corrected chi connectivity index (χ0v) is 11.9. The molecule has 1 amide bonds. The monoisotopic (exact) mass is 273 g/mol. The van der Waals surface area contributed by atoms with Gasteiger partial charge in [-0.2, -0.15) is 0 Å². The molecular formula is C16H23N3O. The van der Waals surface area contributed by atoms with Gasteiger partial charge in [-0.05, 0) is 43.5 Å². The quantitative estimate of drug-likeness (QED) is 0.857. The van der Waals surface area contributed by atoms with E-state index in [1.54, 1.807) is 0 Å². The van der Waals surface area contributed by atoms with Gasteiger partial charge in [0.25, 0.3) is 0 Å². The van der Waals surface area contributed by atoms with Crippen LogP contribution in [-0.4, -0.2) is 43.0 Å². The van der Waals surface area contributed by atoms with Crippen LogP contribution >= 0.6 is 0 Å². The van der Waals surface area contributed by atoms with Crippen LogP contribution in [0.25, 0.3) is 0 Å². The summed E-state index contributed by atoms with van der Waals surface area (Å²) in [7, 11) is 0. The highest BCUT2D eigenvalue weighted by atomic mass is 16.2. The van der Waals surface area contributed by atoms with E-state index >= 15 is 0 Å². The number of carbonyl (C=O) groups is 1. The lowest BCUT2D eigenvalue weighted by Crippen LogP contribution is -2.48. The van der Waals surface area contributed by atoms with E-state index in [9.17, 15) is 4.79 Å². The third-order valence-corrected chi connectivity index (χ3v) is 4.32. The lowest BCUT2D eigenvalue weighted by atomic mass is 9.95. The Balaban J connectivity index is 1.46. The molecule has 4 nitrogen and oxygen atoms in total. The van der Waals surface area contributed by atoms with Crippen LogP contribution in [0.3, 0.4) is 0 Å². The lowest BCUT2D eigenvalue weighted by Gasteiger charge is -2.25. The number of nitrogens with zero attached hydrogens (tertiary/aromatic N) is 1. The average Bonchev–Trinajstić information content (AvgIpc) is 3.00. The molecule has 0 spiro atoms. The highest BCUT2D eigenvalue weighted by molar-refractivity contribution is 5.82. The van der Waals surface area contributed by atoms with Crippen molar-refractivity contribution in [2.24, 2.45) is 0 Å². The molecule has 1 fully saturated rings. The smallest absolute Gasteiger partial charge is 0.237 e. The minimum Gasteiger partial charge on any atom is -0.353 e. The van der Waals surface area contributed by atoms with E-state index in [0.717, 1.165) is 26.1 Å². The molecule has 108 valence electrons. The Labute approximate surface area is 120 Å². The summed E-state index contributed by atoms with van der Waals surface area (Å²) in [4.78, 5) is 14.6. The Hall–Kier alpha value is -1.39. The summed E-state index contributed by atoms with van der Waals surface area (Å²) < 4.78 is 0. The molecule has 20 heavy (non-hydrogen) atoms. The molecule has 1 aromatic rings. The van der Waals surface area contributed by atoms with E-state index < -0.39 is 0 Å². The molecule has 2 aliphatic heterocycles. The van der Waals surface area contributed by atoms with Gasteiger partial charge in [-0.25, -0.2) is 0 Å². The number of carbonyl (C=O) groups excluding carboxylic acids is 1. The Kier molecular flexibility index (Phi) is 4.33. The molecule has 4 heteroatoms. The van der Waals surface area contributed by atoms with Crippen molar-refractivity contribution in [1.82, 2.24) is 15.5 Å². The number of fused-ring (bicyclic) bond motifs is 1. The lowest BCUT2D eigenvalue weighted by molar-refractivity contribution is -0.123. The molecule has 0 bridgehead atoms. The van der Waals surface area contributed by atoms with Gasteiger partial charge >= 0.3 is 0 Å². The van der Waals surface area contributed by atoms with E-state index in [-0.39, 0.29) is 11.9 Å². The van der Waals surface area contributed by atoms with Crippen LogP contribution in [0.4, 0.5) is 0 Å². The first-order valence-corrected chi connectivity index (χ1v) is 7.63. The first kappa shape index (κ1) is 13.6. The third-order valence-electron chi connectivity index (χ3n) is 4.32. The van der Waals surface area contributed by atoms with Crippen molar-refractivity contribution in [2.75, 3.05) is 26.2 Å². The molecule has 1 aromatic carbocycles. The normalized spacial score (nSPS) is 22.5. The predicted molar refractivity (Wildman–Crippen MR) is 79.5 cm³/mol. The molecular weight excluding hydrogens is 250 g/mol. The average molecular weight is 273 g/mol. The van der Waals surface area contributed by atoms with Crippen LogP contribution in [0.1, 0.15) is 24.0 Å². The Morgan fingerprint density at radius 2 is 2.00 bits per heavy atom. The van der Waals surface area contributed by atoms with E-state index in [4.69, 9.17) is 0 Å². The first-order chi connectivity index (χ1) is 9.83. The second-order valence-corrected chi connectivity index (χ2v) is 5.75. The summed E-state index contributed by atoms with van der Waals surface area (Å²) in [6.07, 6.45) is 3.40. The minimum atomic E-state index is -0.0801. The summed E-state index contributed by atoms with van der Waals surface area (Å²) in [5.41, 5.74) is 2.61. The van der Waals surface area contributed by atoms with Gasteiger partial charge < -0.3 is 15.5 Å². The maximum Gasteiger partial charge on any atom is 0.237 e. The number of rotatable bonds is 4. The van der Waals surface area contributed by atoms with Gasteiger partial charge in [0.05, 0.1) is 6.04 Å². The number of benzene rings is 1. The van der Waals surface area contributed by atoms with Gasteiger partial charge in [0, 0.05) is 19.6 Å². The van der Waals surface area contributed by atoms with Gasteiger partial charge in [-0.3, -0.25) is 4.79 Å². The van der Waals surface area contributed by atoms with Gasteiger partial charge in [-0.1, -0.05) is 24.3 Å². The molecule has 0 radical (unpaired) electrons. The predicted octanol–water partition coefficient (Wildman–Crippen LogP) is 0.913. The summed E-state index contributed by atoms with van der Waals surface area (Å²) in [5, 5.41) is 6.39. The standard InChI is InChI=1S/C16H23N3O/c20-16(17-7-10-19-8-3-4-9-19)15-11-13-5-1-2-6-14(13)12-18-15/h1-2,5-6,15,18H,3-4,7-12H2,(H,17,20). The van der Waals surface area contributed by atoms with Crippen LogP contribution in [-0.2, 0) is 17.8 Å².